The number of halogens is 4. The van der Waals surface area contributed by atoms with E-state index in [1.807, 2.05) is 39.8 Å². The summed E-state index contributed by atoms with van der Waals surface area (Å²) < 4.78 is 58.3. The fourth-order valence-electron chi connectivity index (χ4n) is 6.16. The minimum Gasteiger partial charge on any atom is -0.481 e. The van der Waals surface area contributed by atoms with Gasteiger partial charge in [0.05, 0.1) is 18.0 Å². The smallest absolute Gasteiger partial charge is 0.481 e. The lowest BCUT2D eigenvalue weighted by molar-refractivity contribution is -0.274. The van der Waals surface area contributed by atoms with Crippen molar-refractivity contribution in [1.82, 2.24) is 5.32 Å². The predicted molar refractivity (Wildman–Crippen MR) is 179 cm³/mol. The van der Waals surface area contributed by atoms with E-state index < -0.39 is 47.5 Å². The van der Waals surface area contributed by atoms with Crippen LogP contribution in [0, 0.1) is 26.6 Å². The van der Waals surface area contributed by atoms with Crippen molar-refractivity contribution in [2.45, 2.75) is 65.2 Å². The van der Waals surface area contributed by atoms with Crippen LogP contribution in [0.4, 0.5) is 23.2 Å². The van der Waals surface area contributed by atoms with Crippen LogP contribution in [-0.4, -0.2) is 35.8 Å². The molecule has 258 valence electrons. The molecule has 0 spiro atoms. The topological polar surface area (TPSA) is 105 Å². The number of anilines is 1. The van der Waals surface area contributed by atoms with Crippen LogP contribution in [0.15, 0.2) is 78.9 Å². The zero-order valence-electron chi connectivity index (χ0n) is 27.6. The fourth-order valence-corrected chi connectivity index (χ4v) is 6.16. The predicted octanol–water partition coefficient (Wildman–Crippen LogP) is 8.83. The third-order valence-corrected chi connectivity index (χ3v) is 8.18. The van der Waals surface area contributed by atoms with E-state index in [1.165, 1.54) is 24.3 Å². The second-order valence-corrected chi connectivity index (χ2v) is 12.0. The zero-order chi connectivity index (χ0) is 35.9. The van der Waals surface area contributed by atoms with Gasteiger partial charge in [0.2, 0.25) is 5.91 Å². The van der Waals surface area contributed by atoms with E-state index in [-0.39, 0.29) is 24.2 Å². The monoisotopic (exact) mass is 678 g/mol. The lowest BCUT2D eigenvalue weighted by Gasteiger charge is -2.28. The number of nitrogens with one attached hydrogen (secondary N) is 2. The van der Waals surface area contributed by atoms with Crippen molar-refractivity contribution in [1.29, 1.82) is 0 Å². The van der Waals surface area contributed by atoms with Crippen LogP contribution in [0.2, 0.25) is 0 Å². The summed E-state index contributed by atoms with van der Waals surface area (Å²) in [6.07, 6.45) is -4.04. The summed E-state index contributed by atoms with van der Waals surface area (Å²) in [5.74, 6) is -4.70. The molecule has 2 amide bonds. The van der Waals surface area contributed by atoms with E-state index in [0.717, 1.165) is 34.4 Å². The number of carbonyl (C=O) groups excluding carboxylic acids is 2. The van der Waals surface area contributed by atoms with E-state index in [4.69, 9.17) is 5.11 Å². The van der Waals surface area contributed by atoms with Gasteiger partial charge in [0.15, 0.2) is 0 Å². The molecule has 0 aliphatic carbocycles. The first-order valence-electron chi connectivity index (χ1n) is 15.8. The number of aryl methyl sites for hydroxylation is 3. The molecule has 0 fully saturated rings. The molecule has 0 radical (unpaired) electrons. The average molecular weight is 679 g/mol. The van der Waals surface area contributed by atoms with Crippen molar-refractivity contribution >= 4 is 23.5 Å². The highest BCUT2D eigenvalue weighted by Crippen LogP contribution is 2.39. The van der Waals surface area contributed by atoms with Gasteiger partial charge in [-0.25, -0.2) is 4.39 Å². The van der Waals surface area contributed by atoms with Gasteiger partial charge in [-0.3, -0.25) is 14.4 Å². The second-order valence-electron chi connectivity index (χ2n) is 12.0. The van der Waals surface area contributed by atoms with E-state index >= 15 is 4.39 Å². The number of hydrogen-bond acceptors (Lipinski definition) is 4. The lowest BCUT2D eigenvalue weighted by atomic mass is 9.78. The summed E-state index contributed by atoms with van der Waals surface area (Å²) >= 11 is 0. The average Bonchev–Trinajstić information content (AvgIpc) is 3.01. The Morgan fingerprint density at radius 1 is 0.857 bits per heavy atom. The number of rotatable bonds is 13. The third kappa shape index (κ3) is 9.68. The van der Waals surface area contributed by atoms with Crippen molar-refractivity contribution < 1.29 is 41.8 Å². The lowest BCUT2D eigenvalue weighted by Crippen LogP contribution is -2.28. The molecule has 0 aliphatic heterocycles. The van der Waals surface area contributed by atoms with E-state index in [2.05, 4.69) is 15.4 Å². The number of aliphatic carboxylic acids is 1. The number of ether oxygens (including phenoxy) is 1. The Morgan fingerprint density at radius 2 is 1.47 bits per heavy atom. The van der Waals surface area contributed by atoms with Gasteiger partial charge in [-0.1, -0.05) is 61.4 Å². The third-order valence-electron chi connectivity index (χ3n) is 8.18. The summed E-state index contributed by atoms with van der Waals surface area (Å²) in [6, 6.07) is 20.1. The van der Waals surface area contributed by atoms with Gasteiger partial charge in [-0.2, -0.15) is 0 Å². The Morgan fingerprint density at radius 3 is 2.02 bits per heavy atom. The molecule has 0 bridgehead atoms. The molecule has 1 unspecified atom stereocenters. The van der Waals surface area contributed by atoms with Crippen molar-refractivity contribution in [2.75, 3.05) is 11.9 Å². The summed E-state index contributed by atoms with van der Waals surface area (Å²) in [5, 5.41) is 14.1. The summed E-state index contributed by atoms with van der Waals surface area (Å²) in [7, 11) is 0. The van der Waals surface area contributed by atoms with Gasteiger partial charge in [-0.05, 0) is 103 Å². The number of carboxylic acid groups (broad SMARTS) is 1. The number of amides is 2. The normalized spacial score (nSPS) is 12.6. The highest BCUT2D eigenvalue weighted by Gasteiger charge is 2.33. The van der Waals surface area contributed by atoms with Crippen LogP contribution in [-0.2, 0) is 9.59 Å². The van der Waals surface area contributed by atoms with Crippen LogP contribution in [0.5, 0.6) is 5.75 Å². The van der Waals surface area contributed by atoms with Crippen molar-refractivity contribution in [3.8, 4) is 16.9 Å². The maximum Gasteiger partial charge on any atom is 0.573 e. The molecule has 0 saturated heterocycles. The first-order chi connectivity index (χ1) is 23.2. The van der Waals surface area contributed by atoms with Crippen molar-refractivity contribution in [3.63, 3.8) is 0 Å². The van der Waals surface area contributed by atoms with Gasteiger partial charge < -0.3 is 20.5 Å². The standard InChI is InChI=1S/C38H38F4N2O5/c1-5-6-30(25-7-9-27(10-8-25)36(47)43-18-17-33(45)46)35(26-11-14-29(15-12-26)49-38(40,41)42)37(48)44-32-16-13-28(21-31(32)39)34-23(3)19-22(2)20-24(34)4/h7-16,19-21,30,35H,5-6,17-18H2,1-4H3,(H,43,47)(H,44,48)(H,45,46)/t30-,35?/m1/s1. The zero-order valence-corrected chi connectivity index (χ0v) is 27.6. The second kappa shape index (κ2) is 15.8. The highest BCUT2D eigenvalue weighted by atomic mass is 19.4. The molecule has 7 nitrogen and oxygen atoms in total. The number of carbonyl (C=O) groups is 3. The molecule has 4 aromatic carbocycles. The van der Waals surface area contributed by atoms with Crippen LogP contribution < -0.4 is 15.4 Å². The molecule has 0 aliphatic rings. The van der Waals surface area contributed by atoms with Crippen LogP contribution >= 0.6 is 0 Å². The number of hydrogen-bond donors (Lipinski definition) is 3. The molecule has 4 aromatic rings. The summed E-state index contributed by atoms with van der Waals surface area (Å²) in [4.78, 5) is 37.4. The molecule has 4 rings (SSSR count). The van der Waals surface area contributed by atoms with Crippen LogP contribution in [0.1, 0.15) is 76.2 Å². The maximum absolute atomic E-state index is 15.6. The maximum atomic E-state index is 15.6. The van der Waals surface area contributed by atoms with Gasteiger partial charge in [0, 0.05) is 12.1 Å². The Balaban J connectivity index is 1.68. The minimum absolute atomic E-state index is 0.0492. The molecule has 49 heavy (non-hydrogen) atoms. The summed E-state index contributed by atoms with van der Waals surface area (Å²) in [5.41, 5.74) is 5.87. The van der Waals surface area contributed by atoms with E-state index in [1.54, 1.807) is 30.3 Å². The molecular formula is C38H38F4N2O5. The van der Waals surface area contributed by atoms with Crippen molar-refractivity contribution in [3.05, 3.63) is 118 Å². The quantitative estimate of drug-likeness (QED) is 0.123. The highest BCUT2D eigenvalue weighted by molar-refractivity contribution is 5.97. The number of benzene rings is 4. The van der Waals surface area contributed by atoms with E-state index in [9.17, 15) is 27.6 Å². The van der Waals surface area contributed by atoms with Gasteiger partial charge >= 0.3 is 12.3 Å². The Bertz CT molecular complexity index is 1780. The summed E-state index contributed by atoms with van der Waals surface area (Å²) in [6.45, 7) is 7.75. The van der Waals surface area contributed by atoms with Gasteiger partial charge in [-0.15, -0.1) is 13.2 Å². The molecule has 0 saturated carbocycles. The van der Waals surface area contributed by atoms with Gasteiger partial charge in [0.1, 0.15) is 11.6 Å². The Hall–Kier alpha value is -5.19. The molecule has 3 N–H and O–H groups in total. The van der Waals surface area contributed by atoms with Crippen molar-refractivity contribution in [2.24, 2.45) is 0 Å². The number of alkyl halides is 3. The molecule has 0 aromatic heterocycles. The van der Waals surface area contributed by atoms with Gasteiger partial charge in [0.25, 0.3) is 5.91 Å². The molecular weight excluding hydrogens is 640 g/mol. The number of carboxylic acids is 1. The fraction of sp³-hybridized carbons (Fsp3) is 0.289. The Kier molecular flexibility index (Phi) is 11.8. The van der Waals surface area contributed by atoms with E-state index in [0.29, 0.717) is 29.5 Å². The first-order valence-corrected chi connectivity index (χ1v) is 15.8. The Labute approximate surface area is 282 Å². The molecule has 11 heteroatoms. The van der Waals surface area contributed by atoms with Crippen LogP contribution in [0.25, 0.3) is 11.1 Å². The van der Waals surface area contributed by atoms with Crippen LogP contribution in [0.3, 0.4) is 0 Å². The molecule has 0 heterocycles. The largest absolute Gasteiger partial charge is 0.573 e. The SMILES string of the molecule is CCC[C@H](c1ccc(C(=O)NCCC(=O)O)cc1)C(C(=O)Nc1ccc(-c2c(C)cc(C)cc2C)cc1F)c1ccc(OC(F)(F)F)cc1. The minimum atomic E-state index is -4.90. The first kappa shape index (κ1) is 36.6. The molecule has 2 atom stereocenters.